The summed E-state index contributed by atoms with van der Waals surface area (Å²) in [4.78, 5) is 4.02. The summed E-state index contributed by atoms with van der Waals surface area (Å²) in [6.45, 7) is 1.01. The van der Waals surface area contributed by atoms with Crippen LogP contribution in [0.4, 0.5) is 5.82 Å². The third kappa shape index (κ3) is 4.22. The Morgan fingerprint density at radius 2 is 1.42 bits per heavy atom. The summed E-state index contributed by atoms with van der Waals surface area (Å²) in [5.74, 6) is 0.203. The van der Waals surface area contributed by atoms with Crippen molar-refractivity contribution in [3.8, 4) is 0 Å². The van der Waals surface area contributed by atoms with Gasteiger partial charge in [-0.1, -0.05) is 18.9 Å². The maximum Gasteiger partial charge on any atom is 0.263 e. The molecule has 3 rings (SSSR count). The zero-order valence-corrected chi connectivity index (χ0v) is 15.8. The molecule has 1 N–H and O–H groups in total. The van der Waals surface area contributed by atoms with E-state index in [1.165, 1.54) is 40.8 Å². The molecular formula is C17H21N3O4S2. The molecule has 2 aromatic rings. The molecule has 0 saturated carbocycles. The summed E-state index contributed by atoms with van der Waals surface area (Å²) in [5, 5.41) is 0. The molecule has 140 valence electrons. The van der Waals surface area contributed by atoms with Gasteiger partial charge in [0.2, 0.25) is 10.0 Å². The van der Waals surface area contributed by atoms with Crippen LogP contribution in [0.2, 0.25) is 0 Å². The van der Waals surface area contributed by atoms with Gasteiger partial charge in [0, 0.05) is 19.3 Å². The van der Waals surface area contributed by atoms with Gasteiger partial charge in [0.25, 0.3) is 10.0 Å². The van der Waals surface area contributed by atoms with Gasteiger partial charge in [0.05, 0.1) is 9.79 Å². The second-order valence-electron chi connectivity index (χ2n) is 6.11. The lowest BCUT2D eigenvalue weighted by Gasteiger charge is -2.20. The minimum atomic E-state index is -3.83. The molecule has 1 aliphatic heterocycles. The highest BCUT2D eigenvalue weighted by Crippen LogP contribution is 2.22. The Labute approximate surface area is 154 Å². The van der Waals surface area contributed by atoms with Gasteiger partial charge in [-0.2, -0.15) is 4.31 Å². The van der Waals surface area contributed by atoms with Crippen LogP contribution in [0, 0.1) is 0 Å². The van der Waals surface area contributed by atoms with E-state index in [4.69, 9.17) is 0 Å². The molecule has 0 bridgehead atoms. The predicted octanol–water partition coefficient (Wildman–Crippen LogP) is 2.45. The molecule has 1 saturated heterocycles. The number of rotatable bonds is 5. The summed E-state index contributed by atoms with van der Waals surface area (Å²) in [6, 6.07) is 10.2. The Morgan fingerprint density at radius 1 is 0.808 bits per heavy atom. The third-order valence-electron chi connectivity index (χ3n) is 4.24. The predicted molar refractivity (Wildman–Crippen MR) is 98.7 cm³/mol. The fraction of sp³-hybridized carbons (Fsp3) is 0.353. The molecular weight excluding hydrogens is 374 g/mol. The van der Waals surface area contributed by atoms with Crippen LogP contribution in [0.1, 0.15) is 25.7 Å². The number of anilines is 1. The number of sulfonamides is 2. The molecule has 0 atom stereocenters. The first-order chi connectivity index (χ1) is 12.4. The number of aromatic nitrogens is 1. The summed E-state index contributed by atoms with van der Waals surface area (Å²) in [6.07, 6.45) is 5.23. The fourth-order valence-corrected chi connectivity index (χ4v) is 5.37. The lowest BCUT2D eigenvalue weighted by molar-refractivity contribution is 0.423. The first-order valence-corrected chi connectivity index (χ1v) is 11.4. The van der Waals surface area contributed by atoms with Crippen LogP contribution in [-0.2, 0) is 20.0 Å². The van der Waals surface area contributed by atoms with Crippen molar-refractivity contribution in [2.24, 2.45) is 0 Å². The molecule has 1 aliphatic rings. The average Bonchev–Trinajstić information content (AvgIpc) is 2.92. The first-order valence-electron chi connectivity index (χ1n) is 8.44. The van der Waals surface area contributed by atoms with Gasteiger partial charge in [-0.3, -0.25) is 4.72 Å². The SMILES string of the molecule is O=S(=O)(Nc1ccccn1)c1ccc(S(=O)(=O)N2CCCCCC2)cc1. The Balaban J connectivity index is 1.81. The van der Waals surface area contributed by atoms with Gasteiger partial charge in [0.1, 0.15) is 5.82 Å². The van der Waals surface area contributed by atoms with Crippen LogP contribution in [0.5, 0.6) is 0 Å². The molecule has 7 nitrogen and oxygen atoms in total. The minimum absolute atomic E-state index is 0.0158. The number of nitrogens with zero attached hydrogens (tertiary/aromatic N) is 2. The van der Waals surface area contributed by atoms with Gasteiger partial charge in [-0.05, 0) is 49.2 Å². The fourth-order valence-electron chi connectivity index (χ4n) is 2.84. The average molecular weight is 396 g/mol. The van der Waals surface area contributed by atoms with Crippen LogP contribution >= 0.6 is 0 Å². The van der Waals surface area contributed by atoms with Crippen molar-refractivity contribution in [3.63, 3.8) is 0 Å². The van der Waals surface area contributed by atoms with E-state index in [0.717, 1.165) is 25.7 Å². The molecule has 0 spiro atoms. The Bertz CT molecular complexity index is 935. The van der Waals surface area contributed by atoms with Crippen LogP contribution in [0.25, 0.3) is 0 Å². The lowest BCUT2D eigenvalue weighted by Crippen LogP contribution is -2.31. The monoisotopic (exact) mass is 395 g/mol. The molecule has 2 heterocycles. The van der Waals surface area contributed by atoms with Crippen LogP contribution in [-0.4, -0.2) is 39.2 Å². The van der Waals surface area contributed by atoms with Crippen LogP contribution in [0.15, 0.2) is 58.5 Å². The third-order valence-corrected chi connectivity index (χ3v) is 7.52. The maximum atomic E-state index is 12.7. The highest BCUT2D eigenvalue weighted by Gasteiger charge is 2.25. The smallest absolute Gasteiger partial charge is 0.263 e. The minimum Gasteiger partial charge on any atom is -0.263 e. The van der Waals surface area contributed by atoms with Gasteiger partial charge in [-0.15, -0.1) is 0 Å². The van der Waals surface area contributed by atoms with Gasteiger partial charge in [-0.25, -0.2) is 21.8 Å². The first kappa shape index (κ1) is 18.8. The highest BCUT2D eigenvalue weighted by atomic mass is 32.2. The molecule has 0 radical (unpaired) electrons. The van der Waals surface area contributed by atoms with Crippen molar-refractivity contribution >= 4 is 25.9 Å². The Hall–Kier alpha value is -1.97. The molecule has 1 aromatic heterocycles. The lowest BCUT2D eigenvalue weighted by atomic mass is 10.2. The molecule has 9 heteroatoms. The van der Waals surface area contributed by atoms with E-state index < -0.39 is 20.0 Å². The van der Waals surface area contributed by atoms with Gasteiger partial charge >= 0.3 is 0 Å². The summed E-state index contributed by atoms with van der Waals surface area (Å²) < 4.78 is 54.1. The van der Waals surface area contributed by atoms with Crippen molar-refractivity contribution in [3.05, 3.63) is 48.7 Å². The topological polar surface area (TPSA) is 96.4 Å². The van der Waals surface area contributed by atoms with E-state index >= 15 is 0 Å². The number of benzene rings is 1. The van der Waals surface area contributed by atoms with E-state index in [9.17, 15) is 16.8 Å². The van der Waals surface area contributed by atoms with E-state index in [2.05, 4.69) is 9.71 Å². The summed E-state index contributed by atoms with van der Waals surface area (Å²) in [7, 11) is -7.43. The highest BCUT2D eigenvalue weighted by molar-refractivity contribution is 7.92. The Kier molecular flexibility index (Phi) is 5.59. The van der Waals surface area contributed by atoms with Crippen molar-refractivity contribution in [2.75, 3.05) is 17.8 Å². The number of hydrogen-bond donors (Lipinski definition) is 1. The van der Waals surface area contributed by atoms with Gasteiger partial charge in [0.15, 0.2) is 0 Å². The molecule has 1 aromatic carbocycles. The van der Waals surface area contributed by atoms with Crippen molar-refractivity contribution in [1.29, 1.82) is 0 Å². The van der Waals surface area contributed by atoms with E-state index in [1.807, 2.05) is 0 Å². The van der Waals surface area contributed by atoms with Crippen molar-refractivity contribution in [2.45, 2.75) is 35.5 Å². The van der Waals surface area contributed by atoms with Crippen LogP contribution < -0.4 is 4.72 Å². The van der Waals surface area contributed by atoms with E-state index in [1.54, 1.807) is 12.1 Å². The molecule has 0 amide bonds. The molecule has 1 fully saturated rings. The van der Waals surface area contributed by atoms with E-state index in [-0.39, 0.29) is 15.6 Å². The Morgan fingerprint density at radius 3 is 2.00 bits per heavy atom. The molecule has 0 unspecified atom stereocenters. The second-order valence-corrected chi connectivity index (χ2v) is 9.73. The molecule has 0 aliphatic carbocycles. The number of nitrogens with one attached hydrogen (secondary N) is 1. The van der Waals surface area contributed by atoms with Crippen molar-refractivity contribution < 1.29 is 16.8 Å². The maximum absolute atomic E-state index is 12.7. The van der Waals surface area contributed by atoms with E-state index in [0.29, 0.717) is 13.1 Å². The zero-order valence-electron chi connectivity index (χ0n) is 14.2. The number of hydrogen-bond acceptors (Lipinski definition) is 5. The zero-order chi connectivity index (χ0) is 18.6. The second kappa shape index (κ2) is 7.73. The van der Waals surface area contributed by atoms with Crippen molar-refractivity contribution in [1.82, 2.24) is 9.29 Å². The number of pyridine rings is 1. The van der Waals surface area contributed by atoms with Crippen LogP contribution in [0.3, 0.4) is 0 Å². The summed E-state index contributed by atoms with van der Waals surface area (Å²) >= 11 is 0. The van der Waals surface area contributed by atoms with Gasteiger partial charge < -0.3 is 0 Å². The quantitative estimate of drug-likeness (QED) is 0.839. The molecule has 26 heavy (non-hydrogen) atoms. The normalized spacial score (nSPS) is 16.8. The standard InChI is InChI=1S/C17H21N3O4S2/c21-25(22,19-17-7-3-4-12-18-17)15-8-10-16(11-9-15)26(23,24)20-13-5-1-2-6-14-20/h3-4,7-12H,1-2,5-6,13-14H2,(H,18,19). The largest absolute Gasteiger partial charge is 0.263 e. The summed E-state index contributed by atoms with van der Waals surface area (Å²) in [5.41, 5.74) is 0.